The molecule has 0 atom stereocenters. The molecule has 1 aromatic rings. The average molecular weight is 139 g/mol. The van der Waals surface area contributed by atoms with Crippen molar-refractivity contribution in [2.24, 2.45) is 0 Å². The predicted octanol–water partition coefficient (Wildman–Crippen LogP) is 0.758. The Balaban J connectivity index is 2.48. The third-order valence-electron chi connectivity index (χ3n) is 1.10. The lowest BCUT2D eigenvalue weighted by Crippen LogP contribution is -2.08. The Hall–Kier alpha value is -1.32. The van der Waals surface area contributed by atoms with Crippen LogP contribution in [0.5, 0.6) is 0 Å². The van der Waals surface area contributed by atoms with Gasteiger partial charge in [-0.2, -0.15) is 5.10 Å². The van der Waals surface area contributed by atoms with E-state index in [4.69, 9.17) is 0 Å². The molecule has 0 fully saturated rings. The van der Waals surface area contributed by atoms with Gasteiger partial charge in [0, 0.05) is 12.6 Å². The zero-order valence-electron chi connectivity index (χ0n) is 5.72. The van der Waals surface area contributed by atoms with Crippen LogP contribution >= 0.6 is 0 Å². The molecule has 0 spiro atoms. The van der Waals surface area contributed by atoms with E-state index in [1.54, 1.807) is 19.3 Å². The van der Waals surface area contributed by atoms with Crippen LogP contribution in [0.4, 0.5) is 5.69 Å². The molecule has 0 unspecified atom stereocenters. The number of amides is 1. The van der Waals surface area contributed by atoms with Gasteiger partial charge in [0.25, 0.3) is 0 Å². The summed E-state index contributed by atoms with van der Waals surface area (Å²) in [5, 5.41) is 8.90. The van der Waals surface area contributed by atoms with E-state index in [2.05, 4.69) is 15.5 Å². The van der Waals surface area contributed by atoms with Crippen LogP contribution in [-0.2, 0) is 4.79 Å². The number of hydrogen-bond donors (Lipinski definition) is 2. The van der Waals surface area contributed by atoms with Gasteiger partial charge in [-0.15, -0.1) is 0 Å². The summed E-state index contributed by atoms with van der Waals surface area (Å²) in [6.45, 7) is 1.80. The van der Waals surface area contributed by atoms with Gasteiger partial charge < -0.3 is 5.32 Å². The van der Waals surface area contributed by atoms with Crippen LogP contribution < -0.4 is 5.32 Å². The number of hydrogen-bond acceptors (Lipinski definition) is 2. The fourth-order valence-electron chi connectivity index (χ4n) is 0.569. The highest BCUT2D eigenvalue weighted by Crippen LogP contribution is 2.00. The first-order valence-electron chi connectivity index (χ1n) is 3.11. The molecule has 1 rings (SSSR count). The third kappa shape index (κ3) is 1.58. The molecule has 2 N–H and O–H groups in total. The van der Waals surface area contributed by atoms with Crippen molar-refractivity contribution < 1.29 is 4.79 Å². The molecule has 1 aromatic heterocycles. The molecule has 0 aliphatic heterocycles. The van der Waals surface area contributed by atoms with Gasteiger partial charge in [0.15, 0.2) is 0 Å². The second-order valence-corrected chi connectivity index (χ2v) is 1.89. The van der Waals surface area contributed by atoms with Crippen LogP contribution in [-0.4, -0.2) is 16.1 Å². The van der Waals surface area contributed by atoms with Gasteiger partial charge in [-0.25, -0.2) is 0 Å². The summed E-state index contributed by atoms with van der Waals surface area (Å²) < 4.78 is 0. The van der Waals surface area contributed by atoms with E-state index in [1.807, 2.05) is 0 Å². The Morgan fingerprint density at radius 3 is 3.20 bits per heavy atom. The number of carbonyl (C=O) groups is 1. The van der Waals surface area contributed by atoms with E-state index >= 15 is 0 Å². The third-order valence-corrected chi connectivity index (χ3v) is 1.10. The van der Waals surface area contributed by atoms with E-state index in [9.17, 15) is 4.79 Å². The van der Waals surface area contributed by atoms with Crippen LogP contribution in [0.2, 0.25) is 0 Å². The summed E-state index contributed by atoms with van der Waals surface area (Å²) in [5.74, 6) is 0.00130. The molecule has 0 saturated carbocycles. The first-order valence-corrected chi connectivity index (χ1v) is 3.11. The molecule has 0 radical (unpaired) electrons. The molecule has 0 bridgehead atoms. The summed E-state index contributed by atoms with van der Waals surface area (Å²) in [4.78, 5) is 10.7. The van der Waals surface area contributed by atoms with E-state index in [0.29, 0.717) is 12.1 Å². The Labute approximate surface area is 58.6 Å². The average Bonchev–Trinajstić information content (AvgIpc) is 2.40. The minimum atomic E-state index is 0.00130. The second-order valence-electron chi connectivity index (χ2n) is 1.89. The Kier molecular flexibility index (Phi) is 2.04. The zero-order valence-corrected chi connectivity index (χ0v) is 5.72. The molecule has 1 heterocycles. The van der Waals surface area contributed by atoms with Crippen molar-refractivity contribution in [3.8, 4) is 0 Å². The van der Waals surface area contributed by atoms with E-state index in [1.165, 1.54) is 0 Å². The fraction of sp³-hybridized carbons (Fsp3) is 0.333. The normalized spacial score (nSPS) is 9.30. The van der Waals surface area contributed by atoms with Crippen molar-refractivity contribution in [2.75, 3.05) is 5.32 Å². The lowest BCUT2D eigenvalue weighted by atomic mass is 10.4. The summed E-state index contributed by atoms with van der Waals surface area (Å²) in [7, 11) is 0. The van der Waals surface area contributed by atoms with Crippen molar-refractivity contribution in [1.82, 2.24) is 10.2 Å². The summed E-state index contributed by atoms with van der Waals surface area (Å²) in [5.41, 5.74) is 0.715. The summed E-state index contributed by atoms with van der Waals surface area (Å²) >= 11 is 0. The quantitative estimate of drug-likeness (QED) is 0.635. The monoisotopic (exact) mass is 139 g/mol. The molecule has 54 valence electrons. The predicted molar refractivity (Wildman–Crippen MR) is 37.5 cm³/mol. The number of nitrogens with one attached hydrogen (secondary N) is 2. The molecular formula is C6H9N3O. The van der Waals surface area contributed by atoms with Crippen LogP contribution in [0.25, 0.3) is 0 Å². The van der Waals surface area contributed by atoms with Crippen molar-refractivity contribution in [2.45, 2.75) is 13.3 Å². The maximum atomic E-state index is 10.7. The van der Waals surface area contributed by atoms with E-state index < -0.39 is 0 Å². The van der Waals surface area contributed by atoms with Crippen LogP contribution in [0.15, 0.2) is 12.4 Å². The number of H-pyrrole nitrogens is 1. The number of aromatic amines is 1. The molecule has 10 heavy (non-hydrogen) atoms. The van der Waals surface area contributed by atoms with E-state index in [0.717, 1.165) is 0 Å². The lowest BCUT2D eigenvalue weighted by Gasteiger charge is -1.95. The number of nitrogens with zero attached hydrogens (tertiary/aromatic N) is 1. The molecule has 0 aromatic carbocycles. The Morgan fingerprint density at radius 2 is 2.70 bits per heavy atom. The van der Waals surface area contributed by atoms with Gasteiger partial charge in [-0.3, -0.25) is 9.89 Å². The van der Waals surface area contributed by atoms with Crippen molar-refractivity contribution in [1.29, 1.82) is 0 Å². The minimum Gasteiger partial charge on any atom is -0.323 e. The SMILES string of the molecule is CCC(=O)Nc1cn[nH]c1. The first-order chi connectivity index (χ1) is 4.83. The number of rotatable bonds is 2. The van der Waals surface area contributed by atoms with Crippen molar-refractivity contribution in [3.05, 3.63) is 12.4 Å². The van der Waals surface area contributed by atoms with Gasteiger partial charge in [-0.05, 0) is 0 Å². The fourth-order valence-corrected chi connectivity index (χ4v) is 0.569. The molecule has 0 aliphatic carbocycles. The Bertz CT molecular complexity index is 205. The number of carbonyl (C=O) groups excluding carboxylic acids is 1. The molecule has 4 nitrogen and oxygen atoms in total. The zero-order chi connectivity index (χ0) is 7.40. The highest BCUT2D eigenvalue weighted by molar-refractivity contribution is 5.90. The van der Waals surface area contributed by atoms with Crippen LogP contribution in [0.3, 0.4) is 0 Å². The van der Waals surface area contributed by atoms with E-state index in [-0.39, 0.29) is 5.91 Å². The van der Waals surface area contributed by atoms with Crippen LogP contribution in [0, 0.1) is 0 Å². The number of aromatic nitrogens is 2. The largest absolute Gasteiger partial charge is 0.323 e. The lowest BCUT2D eigenvalue weighted by molar-refractivity contribution is -0.115. The molecule has 4 heteroatoms. The topological polar surface area (TPSA) is 57.8 Å². The van der Waals surface area contributed by atoms with Crippen molar-refractivity contribution >= 4 is 11.6 Å². The summed E-state index contributed by atoms with van der Waals surface area (Å²) in [6.07, 6.45) is 3.69. The van der Waals surface area contributed by atoms with Gasteiger partial charge in [0.2, 0.25) is 5.91 Å². The highest BCUT2D eigenvalue weighted by Gasteiger charge is 1.97. The maximum absolute atomic E-state index is 10.7. The minimum absolute atomic E-state index is 0.00130. The second kappa shape index (κ2) is 3.00. The Morgan fingerprint density at radius 1 is 1.90 bits per heavy atom. The molecule has 0 saturated heterocycles. The maximum Gasteiger partial charge on any atom is 0.224 e. The number of anilines is 1. The van der Waals surface area contributed by atoms with Gasteiger partial charge in [0.1, 0.15) is 0 Å². The molecule has 1 amide bonds. The molecular weight excluding hydrogens is 130 g/mol. The van der Waals surface area contributed by atoms with Gasteiger partial charge in [-0.1, -0.05) is 6.92 Å². The van der Waals surface area contributed by atoms with Crippen LogP contribution in [0.1, 0.15) is 13.3 Å². The smallest absolute Gasteiger partial charge is 0.224 e. The van der Waals surface area contributed by atoms with Crippen molar-refractivity contribution in [3.63, 3.8) is 0 Å². The van der Waals surface area contributed by atoms with Gasteiger partial charge in [0.05, 0.1) is 11.9 Å². The van der Waals surface area contributed by atoms with Gasteiger partial charge >= 0.3 is 0 Å². The first kappa shape index (κ1) is 6.80. The summed E-state index contributed by atoms with van der Waals surface area (Å²) in [6, 6.07) is 0. The molecule has 0 aliphatic rings. The highest BCUT2D eigenvalue weighted by atomic mass is 16.1. The standard InChI is InChI=1S/C6H9N3O/c1-2-6(10)9-5-3-7-8-4-5/h3-4H,2H2,1H3,(H,7,8)(H,9,10).